The molecule has 2 aliphatic heterocycles. The van der Waals surface area contributed by atoms with E-state index in [1.807, 2.05) is 36.4 Å². The lowest BCUT2D eigenvalue weighted by Gasteiger charge is -2.50. The van der Waals surface area contributed by atoms with Crippen molar-refractivity contribution in [1.82, 2.24) is 9.91 Å². The maximum absolute atomic E-state index is 15.4. The number of hydrazine groups is 1. The minimum Gasteiger partial charge on any atom is -0.508 e. The van der Waals surface area contributed by atoms with Gasteiger partial charge in [0, 0.05) is 29.6 Å². The van der Waals surface area contributed by atoms with Gasteiger partial charge in [0.1, 0.15) is 23.9 Å². The molecule has 0 spiro atoms. The Labute approximate surface area is 315 Å². The number of benzene rings is 4. The maximum Gasteiger partial charge on any atom is 0.260 e. The van der Waals surface area contributed by atoms with Crippen LogP contribution in [-0.2, 0) is 31.2 Å². The van der Waals surface area contributed by atoms with Crippen LogP contribution in [0, 0.1) is 23.7 Å². The van der Waals surface area contributed by atoms with Crippen molar-refractivity contribution in [2.24, 2.45) is 23.7 Å². The number of ether oxygens (including phenoxy) is 2. The number of amides is 4. The molecule has 2 N–H and O–H groups in total. The first kappa shape index (κ1) is 34.7. The van der Waals surface area contributed by atoms with Crippen LogP contribution in [0.1, 0.15) is 35.4 Å². The lowest BCUT2D eigenvalue weighted by Crippen LogP contribution is -2.53. The van der Waals surface area contributed by atoms with Crippen LogP contribution in [0.2, 0.25) is 10.0 Å². The summed E-state index contributed by atoms with van der Waals surface area (Å²) >= 11 is 12.7. The number of hydrogen-bond acceptors (Lipinski definition) is 8. The molecular formula is C41H35Cl2N3O7. The molecule has 10 nitrogen and oxygen atoms in total. The number of nitrogens with one attached hydrogen (secondary N) is 1. The number of carbonyl (C=O) groups excluding carboxylic acids is 4. The third-order valence-corrected chi connectivity index (χ3v) is 11.9. The van der Waals surface area contributed by atoms with Crippen molar-refractivity contribution < 1.29 is 33.8 Å². The number of hydrogen-bond donors (Lipinski definition) is 2. The van der Waals surface area contributed by atoms with E-state index in [4.69, 9.17) is 32.7 Å². The quantitative estimate of drug-likeness (QED) is 0.147. The Morgan fingerprint density at radius 1 is 0.868 bits per heavy atom. The van der Waals surface area contributed by atoms with Gasteiger partial charge >= 0.3 is 0 Å². The van der Waals surface area contributed by atoms with Gasteiger partial charge in [0.25, 0.3) is 11.8 Å². The predicted molar refractivity (Wildman–Crippen MR) is 197 cm³/mol. The molecule has 12 heteroatoms. The van der Waals surface area contributed by atoms with Gasteiger partial charge in [0.15, 0.2) is 0 Å². The number of methoxy groups -OCH3 is 1. The summed E-state index contributed by atoms with van der Waals surface area (Å²) in [6.07, 6.45) is 2.32. The fourth-order valence-electron chi connectivity index (χ4n) is 8.94. The molecule has 4 aliphatic rings. The zero-order valence-corrected chi connectivity index (χ0v) is 30.3. The molecule has 0 unspecified atom stereocenters. The Bertz CT molecular complexity index is 2190. The zero-order valence-electron chi connectivity index (χ0n) is 28.8. The number of likely N-dealkylation sites (tertiary alicyclic amines) is 1. The Morgan fingerprint density at radius 3 is 2.30 bits per heavy atom. The largest absolute Gasteiger partial charge is 0.508 e. The fourth-order valence-corrected chi connectivity index (χ4v) is 9.39. The molecule has 0 aromatic heterocycles. The highest BCUT2D eigenvalue weighted by Crippen LogP contribution is 2.65. The van der Waals surface area contributed by atoms with E-state index in [0.717, 1.165) is 16.1 Å². The van der Waals surface area contributed by atoms with Crippen molar-refractivity contribution in [2.45, 2.75) is 30.8 Å². The molecule has 2 heterocycles. The lowest BCUT2D eigenvalue weighted by molar-refractivity contribution is -0.140. The number of allylic oxidation sites excluding steroid dienone is 2. The molecule has 0 bridgehead atoms. The molecule has 53 heavy (non-hydrogen) atoms. The second-order valence-corrected chi connectivity index (χ2v) is 14.8. The van der Waals surface area contributed by atoms with Crippen molar-refractivity contribution in [3.8, 4) is 17.2 Å². The van der Waals surface area contributed by atoms with Gasteiger partial charge in [0.05, 0.1) is 41.0 Å². The highest BCUT2D eigenvalue weighted by atomic mass is 35.5. The summed E-state index contributed by atoms with van der Waals surface area (Å²) < 4.78 is 11.5. The minimum absolute atomic E-state index is 0.110. The number of phenolic OH excluding ortho intramolecular Hbond substituents is 1. The SMILES string of the molecule is COc1ccc([C@@]23C(=O)N(Nc4ccc(Cl)cc4Cl)C(=O)[C@@H]2C[C@@H]2C(=CC[C@@H]4C(=O)N(C)C(=O)[C@@H]42)[C@@H]3c2ccc(OCc3ccccc3)cc2O)cc1. The van der Waals surface area contributed by atoms with Gasteiger partial charge in [-0.3, -0.25) is 29.5 Å². The monoisotopic (exact) mass is 751 g/mol. The van der Waals surface area contributed by atoms with E-state index >= 15 is 4.79 Å². The van der Waals surface area contributed by atoms with Crippen molar-refractivity contribution in [2.75, 3.05) is 19.6 Å². The highest BCUT2D eigenvalue weighted by Gasteiger charge is 2.70. The van der Waals surface area contributed by atoms with Crippen molar-refractivity contribution in [3.05, 3.63) is 129 Å². The Morgan fingerprint density at radius 2 is 1.60 bits per heavy atom. The molecule has 4 aromatic carbocycles. The maximum atomic E-state index is 15.4. The van der Waals surface area contributed by atoms with Crippen LogP contribution in [0.4, 0.5) is 5.69 Å². The van der Waals surface area contributed by atoms with Gasteiger partial charge in [-0.05, 0) is 66.3 Å². The van der Waals surface area contributed by atoms with Gasteiger partial charge < -0.3 is 14.6 Å². The number of aromatic hydroxyl groups is 1. The van der Waals surface area contributed by atoms with E-state index in [2.05, 4.69) is 5.43 Å². The average molecular weight is 753 g/mol. The summed E-state index contributed by atoms with van der Waals surface area (Å²) in [4.78, 5) is 58.4. The molecule has 270 valence electrons. The average Bonchev–Trinajstić information content (AvgIpc) is 3.52. The van der Waals surface area contributed by atoms with E-state index in [0.29, 0.717) is 27.6 Å². The van der Waals surface area contributed by atoms with Crippen LogP contribution in [0.3, 0.4) is 0 Å². The number of rotatable bonds is 8. The van der Waals surface area contributed by atoms with Crippen LogP contribution in [0.25, 0.3) is 0 Å². The second kappa shape index (κ2) is 13.3. The van der Waals surface area contributed by atoms with Crippen LogP contribution >= 0.6 is 23.2 Å². The summed E-state index contributed by atoms with van der Waals surface area (Å²) in [7, 11) is 3.02. The first-order valence-electron chi connectivity index (χ1n) is 17.3. The lowest BCUT2D eigenvalue weighted by atomic mass is 9.49. The van der Waals surface area contributed by atoms with Crippen LogP contribution in [0.5, 0.6) is 17.2 Å². The molecule has 4 aromatic rings. The minimum atomic E-state index is -1.61. The van der Waals surface area contributed by atoms with Gasteiger partial charge in [-0.15, -0.1) is 0 Å². The molecule has 8 rings (SSSR count). The fraction of sp³-hybridized carbons (Fsp3) is 0.268. The van der Waals surface area contributed by atoms with Gasteiger partial charge in [0.2, 0.25) is 11.8 Å². The second-order valence-electron chi connectivity index (χ2n) is 13.9. The summed E-state index contributed by atoms with van der Waals surface area (Å²) in [6.45, 7) is 0.266. The Hall–Kier alpha value is -5.32. The summed E-state index contributed by atoms with van der Waals surface area (Å²) in [5.74, 6) is -4.71. The van der Waals surface area contributed by atoms with Crippen molar-refractivity contribution in [3.63, 3.8) is 0 Å². The van der Waals surface area contributed by atoms with Gasteiger partial charge in [-0.2, -0.15) is 5.01 Å². The number of phenols is 1. The normalized spacial score (nSPS) is 26.2. The van der Waals surface area contributed by atoms with Gasteiger partial charge in [-0.1, -0.05) is 83.4 Å². The summed E-state index contributed by atoms with van der Waals surface area (Å²) in [5, 5.41) is 13.5. The molecule has 6 atom stereocenters. The van der Waals surface area contributed by atoms with E-state index < -0.39 is 46.8 Å². The van der Waals surface area contributed by atoms with E-state index in [9.17, 15) is 19.5 Å². The predicted octanol–water partition coefficient (Wildman–Crippen LogP) is 6.90. The smallest absolute Gasteiger partial charge is 0.260 e. The molecule has 2 saturated heterocycles. The summed E-state index contributed by atoms with van der Waals surface area (Å²) in [6, 6.07) is 26.2. The summed E-state index contributed by atoms with van der Waals surface area (Å²) in [5.41, 5.74) is 4.22. The van der Waals surface area contributed by atoms with Crippen LogP contribution in [0.15, 0.2) is 103 Å². The van der Waals surface area contributed by atoms with E-state index in [-0.39, 0.29) is 47.7 Å². The standard InChI is InChI=1S/C41H35Cl2N3O7/c1-45-37(48)29-16-15-27-30(35(29)39(45)50)20-31-38(49)46(44-33-17-10-24(42)18-32(33)43)40(51)41(31,23-8-11-25(52-2)12-9-23)36(27)28-14-13-26(19-34(28)47)53-21-22-6-4-3-5-7-22/h3-15,17-19,29-31,35-36,44,47H,16,20-21H2,1-2H3/t29-,30+,31-,35-,36+,41+/m0/s1. The number of imide groups is 2. The van der Waals surface area contributed by atoms with Crippen molar-refractivity contribution >= 4 is 52.5 Å². The molecule has 2 aliphatic carbocycles. The number of anilines is 1. The third kappa shape index (κ3) is 5.46. The molecule has 1 saturated carbocycles. The Balaban J connectivity index is 1.31. The number of halogens is 2. The molecule has 4 amide bonds. The van der Waals surface area contributed by atoms with E-state index in [1.165, 1.54) is 31.2 Å². The molecular weight excluding hydrogens is 717 g/mol. The molecule has 0 radical (unpaired) electrons. The first-order chi connectivity index (χ1) is 25.5. The topological polar surface area (TPSA) is 125 Å². The highest BCUT2D eigenvalue weighted by molar-refractivity contribution is 6.36. The number of nitrogens with zero attached hydrogens (tertiary/aromatic N) is 2. The zero-order chi connectivity index (χ0) is 37.2. The molecule has 3 fully saturated rings. The first-order valence-corrected chi connectivity index (χ1v) is 18.1. The number of carbonyl (C=O) groups is 4. The van der Waals surface area contributed by atoms with E-state index in [1.54, 1.807) is 48.5 Å². The Kier molecular flexibility index (Phi) is 8.70. The van der Waals surface area contributed by atoms with Gasteiger partial charge in [-0.25, -0.2) is 0 Å². The van der Waals surface area contributed by atoms with Crippen LogP contribution < -0.4 is 14.9 Å². The van der Waals surface area contributed by atoms with Crippen molar-refractivity contribution in [1.29, 1.82) is 0 Å². The third-order valence-electron chi connectivity index (χ3n) is 11.4. The number of fused-ring (bicyclic) bond motifs is 4. The van der Waals surface area contributed by atoms with Crippen LogP contribution in [-0.4, -0.2) is 52.8 Å².